The fourth-order valence-corrected chi connectivity index (χ4v) is 7.37. The maximum absolute atomic E-state index is 6.34. The third kappa shape index (κ3) is 3.95. The Balaban J connectivity index is 1.34. The lowest BCUT2D eigenvalue weighted by Gasteiger charge is -2.21. The topological polar surface area (TPSA) is 26.0 Å². The second kappa shape index (κ2) is 10.1. The first kappa shape index (κ1) is 25.6. The van der Waals surface area contributed by atoms with E-state index < -0.39 is 0 Å². The third-order valence-corrected chi connectivity index (χ3v) is 9.38. The molecule has 0 bridgehead atoms. The minimum absolute atomic E-state index is 0.807. The predicted molar refractivity (Wildman–Crippen MR) is 192 cm³/mol. The molecule has 1 heteroatoms. The van der Waals surface area contributed by atoms with Crippen molar-refractivity contribution in [2.75, 3.05) is 5.73 Å². The van der Waals surface area contributed by atoms with Crippen LogP contribution in [0.25, 0.3) is 88.3 Å². The Kier molecular flexibility index (Phi) is 5.73. The number of fused-ring (bicyclic) bond motifs is 4. The fraction of sp³-hybridized carbons (Fsp3) is 0. The molecule has 0 radical (unpaired) electrons. The quantitative estimate of drug-likeness (QED) is 0.209. The lowest BCUT2D eigenvalue weighted by molar-refractivity contribution is 1.56. The maximum atomic E-state index is 6.34. The van der Waals surface area contributed by atoms with Crippen molar-refractivity contribution < 1.29 is 0 Å². The molecule has 8 aromatic rings. The van der Waals surface area contributed by atoms with Crippen LogP contribution in [0.1, 0.15) is 0 Å². The van der Waals surface area contributed by atoms with E-state index in [9.17, 15) is 0 Å². The van der Waals surface area contributed by atoms with E-state index in [0.717, 1.165) is 11.1 Å². The smallest absolute Gasteiger partial charge is 0.0394 e. The number of rotatable bonds is 4. The van der Waals surface area contributed by atoms with Crippen molar-refractivity contribution in [1.29, 1.82) is 0 Å². The molecule has 8 aromatic carbocycles. The summed E-state index contributed by atoms with van der Waals surface area (Å²) in [4.78, 5) is 0. The maximum Gasteiger partial charge on any atom is 0.0394 e. The molecule has 0 amide bonds. The molecule has 0 fully saturated rings. The Morgan fingerprint density at radius 2 is 0.844 bits per heavy atom. The summed E-state index contributed by atoms with van der Waals surface area (Å²) in [5, 5.41) is 4.88. The Morgan fingerprint density at radius 3 is 1.53 bits per heavy atom. The Hall–Kier alpha value is -5.92. The molecule has 0 unspecified atom stereocenters. The lowest BCUT2D eigenvalue weighted by Crippen LogP contribution is -1.94. The minimum atomic E-state index is 0.807. The largest absolute Gasteiger partial charge is 0.398 e. The van der Waals surface area contributed by atoms with Crippen molar-refractivity contribution in [1.82, 2.24) is 0 Å². The van der Waals surface area contributed by atoms with Crippen LogP contribution in [0, 0.1) is 0 Å². The van der Waals surface area contributed by atoms with Gasteiger partial charge >= 0.3 is 0 Å². The van der Waals surface area contributed by atoms with Gasteiger partial charge in [-0.1, -0.05) is 152 Å². The van der Waals surface area contributed by atoms with Gasteiger partial charge in [0.2, 0.25) is 0 Å². The van der Waals surface area contributed by atoms with E-state index in [1.807, 2.05) is 12.1 Å². The van der Waals surface area contributed by atoms with Crippen molar-refractivity contribution in [3.63, 3.8) is 0 Å². The highest BCUT2D eigenvalue weighted by molar-refractivity contribution is 6.22. The highest BCUT2D eigenvalue weighted by Gasteiger charge is 2.30. The van der Waals surface area contributed by atoms with Gasteiger partial charge in [0.1, 0.15) is 0 Å². The molecule has 0 atom stereocenters. The monoisotopic (exact) mass is 571 g/mol. The Morgan fingerprint density at radius 1 is 0.311 bits per heavy atom. The van der Waals surface area contributed by atoms with E-state index in [2.05, 4.69) is 152 Å². The molecule has 0 saturated heterocycles. The van der Waals surface area contributed by atoms with E-state index >= 15 is 0 Å². The zero-order valence-electron chi connectivity index (χ0n) is 24.7. The van der Waals surface area contributed by atoms with Gasteiger partial charge in [-0.05, 0) is 95.1 Å². The molecule has 210 valence electrons. The van der Waals surface area contributed by atoms with Crippen molar-refractivity contribution >= 4 is 27.2 Å². The molecule has 1 aliphatic carbocycles. The average Bonchev–Trinajstić information content (AvgIpc) is 3.45. The van der Waals surface area contributed by atoms with Crippen molar-refractivity contribution in [3.05, 3.63) is 164 Å². The summed E-state index contributed by atoms with van der Waals surface area (Å²) < 4.78 is 0. The summed E-state index contributed by atoms with van der Waals surface area (Å²) in [6.45, 7) is 0. The van der Waals surface area contributed by atoms with Gasteiger partial charge in [-0.15, -0.1) is 0 Å². The normalized spacial score (nSPS) is 11.6. The molecule has 1 nitrogen and oxygen atoms in total. The van der Waals surface area contributed by atoms with Gasteiger partial charge in [-0.3, -0.25) is 0 Å². The number of nitrogen functional groups attached to an aromatic ring is 1. The van der Waals surface area contributed by atoms with Gasteiger partial charge in [-0.2, -0.15) is 0 Å². The first-order valence-corrected chi connectivity index (χ1v) is 15.5. The number of anilines is 1. The number of hydrogen-bond donors (Lipinski definition) is 1. The van der Waals surface area contributed by atoms with Gasteiger partial charge in [0, 0.05) is 11.1 Å². The molecule has 1 aliphatic rings. The molecule has 45 heavy (non-hydrogen) atoms. The molecule has 0 spiro atoms. The molecular formula is C44H29N. The summed E-state index contributed by atoms with van der Waals surface area (Å²) in [6.07, 6.45) is 0. The zero-order chi connectivity index (χ0) is 29.9. The fourth-order valence-electron chi connectivity index (χ4n) is 7.37. The van der Waals surface area contributed by atoms with Gasteiger partial charge in [0.25, 0.3) is 0 Å². The van der Waals surface area contributed by atoms with E-state index in [1.165, 1.54) is 82.9 Å². The minimum Gasteiger partial charge on any atom is -0.398 e. The number of hydrogen-bond acceptors (Lipinski definition) is 1. The van der Waals surface area contributed by atoms with E-state index in [0.29, 0.717) is 0 Å². The lowest BCUT2D eigenvalue weighted by atomic mass is 9.82. The van der Waals surface area contributed by atoms with Crippen LogP contribution >= 0.6 is 0 Å². The SMILES string of the molecule is Nc1ccc(-c2ccc(-c3cc(-c4ccccc4)c4c(c3-c3ccccc3)-c3cccc5cccc-4c35)cc2)c2ccccc12. The van der Waals surface area contributed by atoms with Crippen molar-refractivity contribution in [3.8, 4) is 66.8 Å². The molecule has 0 aromatic heterocycles. The Bertz CT molecular complexity index is 2400. The highest BCUT2D eigenvalue weighted by Crippen LogP contribution is 2.57. The van der Waals surface area contributed by atoms with Crippen LogP contribution < -0.4 is 5.73 Å². The van der Waals surface area contributed by atoms with E-state index in [4.69, 9.17) is 5.73 Å². The van der Waals surface area contributed by atoms with Gasteiger partial charge in [0.15, 0.2) is 0 Å². The standard InChI is InChI=1S/C44H29N/c45-40-26-25-33(34-17-7-8-18-35(34)40)29-21-23-30(24-22-29)38-27-39(28-11-3-1-4-12-28)43-36-19-9-15-31-16-10-20-37(41(31)36)44(43)42(38)32-13-5-2-6-14-32/h1-27H,45H2. The number of nitrogens with two attached hydrogens (primary N) is 1. The van der Waals surface area contributed by atoms with Crippen LogP contribution in [0.2, 0.25) is 0 Å². The summed E-state index contributed by atoms with van der Waals surface area (Å²) in [5.41, 5.74) is 22.2. The van der Waals surface area contributed by atoms with Crippen molar-refractivity contribution in [2.45, 2.75) is 0 Å². The average molecular weight is 572 g/mol. The van der Waals surface area contributed by atoms with E-state index in [-0.39, 0.29) is 0 Å². The van der Waals surface area contributed by atoms with Crippen LogP contribution in [0.3, 0.4) is 0 Å². The van der Waals surface area contributed by atoms with Crippen LogP contribution in [-0.2, 0) is 0 Å². The van der Waals surface area contributed by atoms with Crippen molar-refractivity contribution in [2.24, 2.45) is 0 Å². The molecule has 2 N–H and O–H groups in total. The van der Waals surface area contributed by atoms with Crippen LogP contribution in [0.4, 0.5) is 5.69 Å². The summed E-state index contributed by atoms with van der Waals surface area (Å²) in [6, 6.07) is 59.3. The highest BCUT2D eigenvalue weighted by atomic mass is 14.5. The molecule has 0 aliphatic heterocycles. The second-order valence-electron chi connectivity index (χ2n) is 11.9. The Labute approximate surface area is 262 Å². The molecular weight excluding hydrogens is 542 g/mol. The molecule has 0 saturated carbocycles. The van der Waals surface area contributed by atoms with Crippen LogP contribution in [0.15, 0.2) is 164 Å². The van der Waals surface area contributed by atoms with Gasteiger partial charge < -0.3 is 5.73 Å². The van der Waals surface area contributed by atoms with Crippen LogP contribution in [-0.4, -0.2) is 0 Å². The first-order valence-electron chi connectivity index (χ1n) is 15.5. The van der Waals surface area contributed by atoms with E-state index in [1.54, 1.807) is 0 Å². The summed E-state index contributed by atoms with van der Waals surface area (Å²) in [5.74, 6) is 0. The first-order chi connectivity index (χ1) is 22.3. The second-order valence-corrected chi connectivity index (χ2v) is 11.9. The summed E-state index contributed by atoms with van der Waals surface area (Å²) in [7, 11) is 0. The predicted octanol–water partition coefficient (Wildman–Crippen LogP) is 11.9. The van der Waals surface area contributed by atoms with Gasteiger partial charge in [-0.25, -0.2) is 0 Å². The number of benzene rings is 8. The molecule has 0 heterocycles. The summed E-state index contributed by atoms with van der Waals surface area (Å²) >= 11 is 0. The zero-order valence-corrected chi connectivity index (χ0v) is 24.7. The molecule has 9 rings (SSSR count). The third-order valence-electron chi connectivity index (χ3n) is 9.38. The van der Waals surface area contributed by atoms with Crippen LogP contribution in [0.5, 0.6) is 0 Å². The van der Waals surface area contributed by atoms with Gasteiger partial charge in [0.05, 0.1) is 0 Å².